The normalized spacial score (nSPS) is 38.2. The summed E-state index contributed by atoms with van der Waals surface area (Å²) in [7, 11) is 0. The van der Waals surface area contributed by atoms with Crippen LogP contribution in [0.4, 0.5) is 0 Å². The molecule has 2 saturated heterocycles. The molecule has 0 bridgehead atoms. The van der Waals surface area contributed by atoms with E-state index in [0.717, 1.165) is 0 Å². The number of nitrogens with one attached hydrogen (secondary N) is 2. The minimum Gasteiger partial charge on any atom is -0.481 e. The van der Waals surface area contributed by atoms with E-state index in [1.165, 1.54) is 0 Å². The maximum absolute atomic E-state index is 11.2. The van der Waals surface area contributed by atoms with Crippen molar-refractivity contribution in [3.05, 3.63) is 0 Å². The predicted molar refractivity (Wildman–Crippen MR) is 44.0 cm³/mol. The summed E-state index contributed by atoms with van der Waals surface area (Å²) in [4.78, 5) is 21.8. The van der Waals surface area contributed by atoms with Gasteiger partial charge in [0.2, 0.25) is 5.91 Å². The molecule has 0 aromatic carbocycles. The van der Waals surface area contributed by atoms with Crippen molar-refractivity contribution in [3.63, 3.8) is 0 Å². The van der Waals surface area contributed by atoms with E-state index >= 15 is 0 Å². The fraction of sp³-hybridized carbons (Fsp3) is 0.750. The Morgan fingerprint density at radius 2 is 2.23 bits per heavy atom. The van der Waals surface area contributed by atoms with Crippen molar-refractivity contribution in [2.24, 2.45) is 11.8 Å². The lowest BCUT2D eigenvalue weighted by atomic mass is 9.86. The van der Waals surface area contributed by atoms with Crippen LogP contribution < -0.4 is 10.6 Å². The highest BCUT2D eigenvalue weighted by molar-refractivity contribution is 5.85. The van der Waals surface area contributed by atoms with E-state index in [0.29, 0.717) is 19.5 Å². The van der Waals surface area contributed by atoms with E-state index in [-0.39, 0.29) is 23.8 Å². The zero-order chi connectivity index (χ0) is 9.42. The maximum Gasteiger partial charge on any atom is 0.307 e. The monoisotopic (exact) mass is 184 g/mol. The number of carboxylic acid groups (broad SMARTS) is 1. The summed E-state index contributed by atoms with van der Waals surface area (Å²) in [6.07, 6.45) is 0.603. The second-order valence-corrected chi connectivity index (χ2v) is 3.66. The lowest BCUT2D eigenvalue weighted by Gasteiger charge is -2.28. The van der Waals surface area contributed by atoms with Gasteiger partial charge in [-0.1, -0.05) is 0 Å². The van der Waals surface area contributed by atoms with Crippen molar-refractivity contribution in [2.45, 2.75) is 12.5 Å². The molecule has 3 atom stereocenters. The molecule has 0 unspecified atom stereocenters. The summed E-state index contributed by atoms with van der Waals surface area (Å²) < 4.78 is 0. The number of fused-ring (bicyclic) bond motifs is 1. The number of rotatable bonds is 1. The molecule has 0 aliphatic carbocycles. The molecule has 2 rings (SSSR count). The fourth-order valence-electron chi connectivity index (χ4n) is 2.06. The molecule has 3 N–H and O–H groups in total. The largest absolute Gasteiger partial charge is 0.481 e. The number of carboxylic acids is 1. The molecule has 0 spiro atoms. The van der Waals surface area contributed by atoms with Crippen LogP contribution in [0, 0.1) is 11.8 Å². The van der Waals surface area contributed by atoms with Crippen molar-refractivity contribution in [2.75, 3.05) is 13.1 Å². The van der Waals surface area contributed by atoms with Gasteiger partial charge in [-0.15, -0.1) is 0 Å². The van der Waals surface area contributed by atoms with E-state index in [1.54, 1.807) is 0 Å². The van der Waals surface area contributed by atoms with Crippen LogP contribution in [0.1, 0.15) is 6.42 Å². The number of aliphatic carboxylic acids is 1. The summed E-state index contributed by atoms with van der Waals surface area (Å²) in [5, 5.41) is 14.5. The Balaban J connectivity index is 2.03. The number of hydrogen-bond acceptors (Lipinski definition) is 3. The van der Waals surface area contributed by atoms with Crippen molar-refractivity contribution in [3.8, 4) is 0 Å². The van der Waals surface area contributed by atoms with Crippen LogP contribution >= 0.6 is 0 Å². The predicted octanol–water partition coefficient (Wildman–Crippen LogP) is -1.20. The Hall–Kier alpha value is -1.10. The molecular formula is C8H12N2O3. The van der Waals surface area contributed by atoms with Crippen molar-refractivity contribution >= 4 is 11.9 Å². The molecule has 0 radical (unpaired) electrons. The van der Waals surface area contributed by atoms with Gasteiger partial charge >= 0.3 is 5.97 Å². The van der Waals surface area contributed by atoms with Gasteiger partial charge in [-0.25, -0.2) is 0 Å². The Morgan fingerprint density at radius 3 is 2.92 bits per heavy atom. The Labute approximate surface area is 75.5 Å². The van der Waals surface area contributed by atoms with Gasteiger partial charge in [0, 0.05) is 19.0 Å². The van der Waals surface area contributed by atoms with Crippen LogP contribution in [0.5, 0.6) is 0 Å². The molecule has 2 aliphatic heterocycles. The van der Waals surface area contributed by atoms with Crippen LogP contribution in [-0.4, -0.2) is 36.1 Å². The average molecular weight is 184 g/mol. The van der Waals surface area contributed by atoms with E-state index in [2.05, 4.69) is 10.6 Å². The smallest absolute Gasteiger partial charge is 0.307 e. The fourth-order valence-corrected chi connectivity index (χ4v) is 2.06. The quantitative estimate of drug-likeness (QED) is 0.478. The minimum absolute atomic E-state index is 0.00818. The third-order valence-corrected chi connectivity index (χ3v) is 2.81. The van der Waals surface area contributed by atoms with Gasteiger partial charge in [0.15, 0.2) is 0 Å². The Morgan fingerprint density at radius 1 is 1.46 bits per heavy atom. The van der Waals surface area contributed by atoms with E-state index in [9.17, 15) is 9.59 Å². The molecule has 5 heteroatoms. The van der Waals surface area contributed by atoms with Crippen molar-refractivity contribution in [1.29, 1.82) is 0 Å². The third-order valence-electron chi connectivity index (χ3n) is 2.81. The van der Waals surface area contributed by atoms with Crippen molar-refractivity contribution in [1.82, 2.24) is 10.6 Å². The van der Waals surface area contributed by atoms with Gasteiger partial charge in [-0.3, -0.25) is 9.59 Å². The third kappa shape index (κ3) is 1.39. The molecule has 2 fully saturated rings. The van der Waals surface area contributed by atoms with Crippen LogP contribution in [0.15, 0.2) is 0 Å². The summed E-state index contributed by atoms with van der Waals surface area (Å²) in [6.45, 7) is 1.02. The van der Waals surface area contributed by atoms with Crippen LogP contribution in [0.3, 0.4) is 0 Å². The first-order valence-electron chi connectivity index (χ1n) is 4.42. The first-order valence-corrected chi connectivity index (χ1v) is 4.42. The molecule has 72 valence electrons. The van der Waals surface area contributed by atoms with Gasteiger partial charge in [0.25, 0.3) is 0 Å². The number of amides is 1. The van der Waals surface area contributed by atoms with Gasteiger partial charge in [-0.2, -0.15) is 0 Å². The zero-order valence-electron chi connectivity index (χ0n) is 7.12. The summed E-state index contributed by atoms with van der Waals surface area (Å²) >= 11 is 0. The van der Waals surface area contributed by atoms with E-state index < -0.39 is 5.97 Å². The topological polar surface area (TPSA) is 78.4 Å². The summed E-state index contributed by atoms with van der Waals surface area (Å²) in [5.41, 5.74) is 0. The molecule has 1 amide bonds. The molecule has 5 nitrogen and oxygen atoms in total. The molecule has 2 aliphatic rings. The molecule has 13 heavy (non-hydrogen) atoms. The average Bonchev–Trinajstić information content (AvgIpc) is 2.47. The summed E-state index contributed by atoms with van der Waals surface area (Å²) in [6, 6.07) is -0.157. The minimum atomic E-state index is -0.773. The first kappa shape index (κ1) is 8.50. The van der Waals surface area contributed by atoms with E-state index in [1.807, 2.05) is 0 Å². The van der Waals surface area contributed by atoms with Gasteiger partial charge in [-0.05, 0) is 6.42 Å². The van der Waals surface area contributed by atoms with Crippen molar-refractivity contribution < 1.29 is 14.7 Å². The Kier molecular flexibility index (Phi) is 1.95. The highest BCUT2D eigenvalue weighted by Crippen LogP contribution is 2.24. The van der Waals surface area contributed by atoms with Crippen LogP contribution in [0.25, 0.3) is 0 Å². The number of piperidine rings is 1. The molecule has 0 aromatic rings. The number of hydrogen-bond donors (Lipinski definition) is 3. The number of carbonyl (C=O) groups excluding carboxylic acids is 1. The van der Waals surface area contributed by atoms with Gasteiger partial charge in [0.05, 0.1) is 12.0 Å². The molecule has 0 saturated carbocycles. The highest BCUT2D eigenvalue weighted by atomic mass is 16.4. The molecular weight excluding hydrogens is 172 g/mol. The summed E-state index contributed by atoms with van der Waals surface area (Å²) in [5.74, 6) is -0.949. The standard InChI is InChI=1S/C8H12N2O3/c11-7-6-4(2-10-7)1-5(3-9-6)8(12)13/h4-6,9H,1-3H2,(H,10,11)(H,12,13)/t4-,5+,6+/m1/s1. The zero-order valence-corrected chi connectivity index (χ0v) is 7.12. The SMILES string of the molecule is O=C(O)[C@@H]1CN[C@@H]2C(=O)NC[C@H]2C1. The maximum atomic E-state index is 11.2. The highest BCUT2D eigenvalue weighted by Gasteiger charge is 2.41. The second kappa shape index (κ2) is 2.99. The van der Waals surface area contributed by atoms with Gasteiger partial charge < -0.3 is 15.7 Å². The molecule has 0 aromatic heterocycles. The lowest BCUT2D eigenvalue weighted by Crippen LogP contribution is -2.48. The second-order valence-electron chi connectivity index (χ2n) is 3.66. The lowest BCUT2D eigenvalue weighted by molar-refractivity contribution is -0.143. The van der Waals surface area contributed by atoms with Gasteiger partial charge in [0.1, 0.15) is 0 Å². The number of carbonyl (C=O) groups is 2. The molecule has 2 heterocycles. The van der Waals surface area contributed by atoms with E-state index in [4.69, 9.17) is 5.11 Å². The first-order chi connectivity index (χ1) is 6.18. The van der Waals surface area contributed by atoms with Crippen LogP contribution in [-0.2, 0) is 9.59 Å². The van der Waals surface area contributed by atoms with Crippen LogP contribution in [0.2, 0.25) is 0 Å². The Bertz CT molecular complexity index is 254.